The van der Waals surface area contributed by atoms with Gasteiger partial charge in [-0.2, -0.15) is 0 Å². The molecule has 0 aliphatic carbocycles. The van der Waals surface area contributed by atoms with Crippen molar-refractivity contribution in [3.8, 4) is 0 Å². The average molecular weight is 401 g/mol. The largest absolute Gasteiger partial charge is 0.336 e. The predicted molar refractivity (Wildman–Crippen MR) is 110 cm³/mol. The maximum atomic E-state index is 12.3. The minimum atomic E-state index is -0.513. The number of anilines is 3. The highest BCUT2D eigenvalue weighted by Crippen LogP contribution is 2.23. The molecule has 0 radical (unpaired) electrons. The molecule has 0 saturated carbocycles. The van der Waals surface area contributed by atoms with E-state index in [1.807, 2.05) is 26.8 Å². The second-order valence-electron chi connectivity index (χ2n) is 7.51. The molecule has 9 heteroatoms. The summed E-state index contributed by atoms with van der Waals surface area (Å²) in [7, 11) is 0. The predicted octanol–water partition coefficient (Wildman–Crippen LogP) is 2.84. The molecule has 3 N–H and O–H groups in total. The number of hydrogen-bond donors (Lipinski definition) is 3. The highest BCUT2D eigenvalue weighted by Gasteiger charge is 2.23. The van der Waals surface area contributed by atoms with E-state index in [1.165, 1.54) is 11.3 Å². The molecule has 3 rings (SSSR count). The zero-order valence-corrected chi connectivity index (χ0v) is 16.9. The summed E-state index contributed by atoms with van der Waals surface area (Å²) in [4.78, 5) is 42.1. The number of urea groups is 1. The van der Waals surface area contributed by atoms with E-state index in [0.29, 0.717) is 29.6 Å². The van der Waals surface area contributed by atoms with Gasteiger partial charge >= 0.3 is 6.03 Å². The Morgan fingerprint density at radius 2 is 2.07 bits per heavy atom. The van der Waals surface area contributed by atoms with Gasteiger partial charge in [0.2, 0.25) is 11.8 Å². The van der Waals surface area contributed by atoms with Crippen molar-refractivity contribution in [3.63, 3.8) is 0 Å². The molecule has 4 amide bonds. The van der Waals surface area contributed by atoms with Gasteiger partial charge in [0.05, 0.1) is 12.1 Å². The van der Waals surface area contributed by atoms with Gasteiger partial charge in [0.15, 0.2) is 5.13 Å². The third-order valence-corrected chi connectivity index (χ3v) is 4.90. The summed E-state index contributed by atoms with van der Waals surface area (Å²) in [5.41, 5.74) is 1.41. The van der Waals surface area contributed by atoms with E-state index >= 15 is 0 Å². The normalized spacial score (nSPS) is 14.0. The van der Waals surface area contributed by atoms with Crippen molar-refractivity contribution in [1.82, 2.24) is 10.3 Å². The van der Waals surface area contributed by atoms with Gasteiger partial charge in [-0.1, -0.05) is 26.8 Å². The molecular weight excluding hydrogens is 378 g/mol. The first-order valence-corrected chi connectivity index (χ1v) is 9.81. The van der Waals surface area contributed by atoms with Crippen molar-refractivity contribution in [2.24, 2.45) is 5.41 Å². The van der Waals surface area contributed by atoms with Gasteiger partial charge in [-0.15, -0.1) is 11.3 Å². The summed E-state index contributed by atoms with van der Waals surface area (Å²) in [5, 5.41) is 10.6. The summed E-state index contributed by atoms with van der Waals surface area (Å²) in [6.07, 6.45) is 0.0936. The second-order valence-corrected chi connectivity index (χ2v) is 8.37. The average Bonchev–Trinajstić information content (AvgIpc) is 3.23. The summed E-state index contributed by atoms with van der Waals surface area (Å²) < 4.78 is 0. The Kier molecular flexibility index (Phi) is 5.64. The van der Waals surface area contributed by atoms with Crippen LogP contribution in [0.4, 0.5) is 21.3 Å². The number of nitrogens with one attached hydrogen (secondary N) is 3. The Labute approximate surface area is 167 Å². The van der Waals surface area contributed by atoms with Crippen LogP contribution in [-0.2, 0) is 16.0 Å². The van der Waals surface area contributed by atoms with Crippen LogP contribution in [0.5, 0.6) is 0 Å². The molecule has 1 aliphatic rings. The first kappa shape index (κ1) is 19.8. The lowest BCUT2D eigenvalue weighted by Crippen LogP contribution is -2.27. The number of benzene rings is 1. The van der Waals surface area contributed by atoms with E-state index in [2.05, 4.69) is 20.9 Å². The van der Waals surface area contributed by atoms with Crippen molar-refractivity contribution < 1.29 is 14.4 Å². The van der Waals surface area contributed by atoms with Crippen LogP contribution in [0.1, 0.15) is 26.5 Å². The van der Waals surface area contributed by atoms with E-state index in [-0.39, 0.29) is 24.3 Å². The Morgan fingerprint density at radius 1 is 1.29 bits per heavy atom. The van der Waals surface area contributed by atoms with Crippen LogP contribution in [0.25, 0.3) is 0 Å². The van der Waals surface area contributed by atoms with E-state index in [4.69, 9.17) is 0 Å². The fourth-order valence-electron chi connectivity index (χ4n) is 2.57. The molecule has 0 unspecified atom stereocenters. The fraction of sp³-hybridized carbons (Fsp3) is 0.368. The number of thiazole rings is 1. The van der Waals surface area contributed by atoms with Gasteiger partial charge < -0.3 is 16.0 Å². The Hall–Kier alpha value is -2.94. The summed E-state index contributed by atoms with van der Waals surface area (Å²) in [6, 6.07) is 7.00. The van der Waals surface area contributed by atoms with Crippen LogP contribution in [-0.4, -0.2) is 35.9 Å². The van der Waals surface area contributed by atoms with Gasteiger partial charge in [-0.3, -0.25) is 14.5 Å². The zero-order chi connectivity index (χ0) is 20.3. The third-order valence-electron chi connectivity index (χ3n) is 4.09. The first-order chi connectivity index (χ1) is 13.2. The number of nitrogens with zero attached hydrogens (tertiary/aromatic N) is 2. The molecule has 8 nitrogen and oxygen atoms in total. The third kappa shape index (κ3) is 4.86. The lowest BCUT2D eigenvalue weighted by Gasteiger charge is -2.16. The van der Waals surface area contributed by atoms with Crippen LogP contribution in [0.15, 0.2) is 29.6 Å². The quantitative estimate of drug-likeness (QED) is 0.717. The Morgan fingerprint density at radius 3 is 2.75 bits per heavy atom. The molecule has 0 bridgehead atoms. The van der Waals surface area contributed by atoms with Crippen molar-refractivity contribution in [2.45, 2.75) is 27.2 Å². The SMILES string of the molecule is CC(C)(C)C(=O)Nc1nc(CC(=O)Nc2cccc(N3CCNC3=O)c2)cs1. The maximum Gasteiger partial charge on any atom is 0.321 e. The van der Waals surface area contributed by atoms with Crippen molar-refractivity contribution in [3.05, 3.63) is 35.3 Å². The van der Waals surface area contributed by atoms with Gasteiger partial charge in [0.1, 0.15) is 0 Å². The molecule has 2 aromatic rings. The van der Waals surface area contributed by atoms with Gasteiger partial charge in [0.25, 0.3) is 0 Å². The molecule has 28 heavy (non-hydrogen) atoms. The van der Waals surface area contributed by atoms with Crippen LogP contribution < -0.4 is 20.9 Å². The number of amides is 4. The monoisotopic (exact) mass is 401 g/mol. The summed E-state index contributed by atoms with van der Waals surface area (Å²) in [6.45, 7) is 6.67. The molecule has 1 aromatic heterocycles. The first-order valence-electron chi connectivity index (χ1n) is 8.93. The Bertz CT molecular complexity index is 903. The topological polar surface area (TPSA) is 103 Å². The van der Waals surface area contributed by atoms with Gasteiger partial charge in [0, 0.05) is 35.3 Å². The molecule has 1 fully saturated rings. The summed E-state index contributed by atoms with van der Waals surface area (Å²) >= 11 is 1.29. The van der Waals surface area contributed by atoms with Gasteiger partial charge in [-0.05, 0) is 18.2 Å². The fourth-order valence-corrected chi connectivity index (χ4v) is 3.27. The van der Waals surface area contributed by atoms with E-state index < -0.39 is 5.41 Å². The molecule has 2 heterocycles. The number of aromatic nitrogens is 1. The Balaban J connectivity index is 1.59. The van der Waals surface area contributed by atoms with Crippen molar-refractivity contribution in [1.29, 1.82) is 0 Å². The van der Waals surface area contributed by atoms with Crippen LogP contribution in [0.2, 0.25) is 0 Å². The standard InChI is InChI=1S/C19H23N5O3S/c1-19(2,3)16(26)23-17-22-13(11-28-17)10-15(25)21-12-5-4-6-14(9-12)24-8-7-20-18(24)27/h4-6,9,11H,7-8,10H2,1-3H3,(H,20,27)(H,21,25)(H,22,23,26). The van der Waals surface area contributed by atoms with E-state index in [1.54, 1.807) is 28.5 Å². The van der Waals surface area contributed by atoms with Crippen LogP contribution >= 0.6 is 11.3 Å². The lowest BCUT2D eigenvalue weighted by molar-refractivity contribution is -0.123. The molecule has 148 valence electrons. The van der Waals surface area contributed by atoms with E-state index in [0.717, 1.165) is 5.69 Å². The highest BCUT2D eigenvalue weighted by molar-refractivity contribution is 7.13. The minimum Gasteiger partial charge on any atom is -0.336 e. The zero-order valence-electron chi connectivity index (χ0n) is 16.0. The van der Waals surface area contributed by atoms with E-state index in [9.17, 15) is 14.4 Å². The molecule has 1 aromatic carbocycles. The molecule has 0 spiro atoms. The molecule has 1 saturated heterocycles. The highest BCUT2D eigenvalue weighted by atomic mass is 32.1. The van der Waals surface area contributed by atoms with Crippen molar-refractivity contribution >= 4 is 45.7 Å². The minimum absolute atomic E-state index is 0.0936. The molecule has 1 aliphatic heterocycles. The number of carbonyl (C=O) groups is 3. The molecular formula is C19H23N5O3S. The number of carbonyl (C=O) groups excluding carboxylic acids is 3. The lowest BCUT2D eigenvalue weighted by atomic mass is 9.96. The number of rotatable bonds is 5. The van der Waals surface area contributed by atoms with Crippen LogP contribution in [0.3, 0.4) is 0 Å². The smallest absolute Gasteiger partial charge is 0.321 e. The van der Waals surface area contributed by atoms with Crippen molar-refractivity contribution in [2.75, 3.05) is 28.6 Å². The summed E-state index contributed by atoms with van der Waals surface area (Å²) in [5.74, 6) is -0.345. The number of hydrogen-bond acceptors (Lipinski definition) is 5. The second kappa shape index (κ2) is 7.97. The maximum absolute atomic E-state index is 12.3. The van der Waals surface area contributed by atoms with Gasteiger partial charge in [-0.25, -0.2) is 9.78 Å². The molecule has 0 atom stereocenters. The van der Waals surface area contributed by atoms with Crippen LogP contribution in [0, 0.1) is 5.41 Å².